The predicted octanol–water partition coefficient (Wildman–Crippen LogP) is 17.7. The average Bonchev–Trinajstić information content (AvgIpc) is 3.26. The van der Waals surface area contributed by atoms with E-state index in [9.17, 15) is 14.4 Å². The Morgan fingerprint density at radius 3 is 0.852 bits per heavy atom. The van der Waals surface area contributed by atoms with Crippen molar-refractivity contribution in [2.75, 3.05) is 13.2 Å². The van der Waals surface area contributed by atoms with Crippen LogP contribution < -0.4 is 0 Å². The number of esters is 3. The fourth-order valence-corrected chi connectivity index (χ4v) is 8.28. The fourth-order valence-electron chi connectivity index (χ4n) is 8.28. The summed E-state index contributed by atoms with van der Waals surface area (Å²) in [5, 5.41) is 0. The molecular formula is C55H106O6. The number of hydrogen-bond acceptors (Lipinski definition) is 6. The molecule has 0 aromatic carbocycles. The maximum atomic E-state index is 12.8. The van der Waals surface area contributed by atoms with E-state index in [4.69, 9.17) is 14.2 Å². The molecule has 6 heteroatoms. The Kier molecular flexibility index (Phi) is 46.6. The quantitative estimate of drug-likeness (QED) is 0.0344. The third-order valence-electron chi connectivity index (χ3n) is 13.2. The van der Waals surface area contributed by atoms with Crippen molar-refractivity contribution >= 4 is 17.9 Å². The molecule has 0 fully saturated rings. The molecule has 0 aliphatic heterocycles. The van der Waals surface area contributed by atoms with E-state index in [1.54, 1.807) is 0 Å². The van der Waals surface area contributed by atoms with Crippen LogP contribution >= 0.6 is 0 Å². The maximum Gasteiger partial charge on any atom is 0.306 e. The van der Waals surface area contributed by atoms with Gasteiger partial charge in [0.05, 0.1) is 0 Å². The highest BCUT2D eigenvalue weighted by molar-refractivity contribution is 5.71. The summed E-state index contributed by atoms with van der Waals surface area (Å²) in [6.07, 6.45) is 49.3. The third-order valence-corrected chi connectivity index (χ3v) is 13.2. The molecule has 3 atom stereocenters. The number of carbonyl (C=O) groups excluding carboxylic acids is 3. The number of rotatable bonds is 49. The van der Waals surface area contributed by atoms with Crippen molar-refractivity contribution < 1.29 is 28.6 Å². The van der Waals surface area contributed by atoms with E-state index in [0.717, 1.165) is 69.6 Å². The van der Waals surface area contributed by atoms with Gasteiger partial charge in [-0.05, 0) is 31.1 Å². The Morgan fingerprint density at radius 1 is 0.328 bits per heavy atom. The van der Waals surface area contributed by atoms with E-state index in [0.29, 0.717) is 19.3 Å². The number of hydrogen-bond donors (Lipinski definition) is 0. The Hall–Kier alpha value is -1.59. The molecule has 0 spiro atoms. The minimum atomic E-state index is -0.762. The summed E-state index contributed by atoms with van der Waals surface area (Å²) in [5.74, 6) is 0.897. The van der Waals surface area contributed by atoms with Gasteiger partial charge in [-0.2, -0.15) is 0 Å². The smallest absolute Gasteiger partial charge is 0.306 e. The first kappa shape index (κ1) is 59.4. The van der Waals surface area contributed by atoms with Gasteiger partial charge in [0.15, 0.2) is 6.10 Å². The predicted molar refractivity (Wildman–Crippen MR) is 261 cm³/mol. The summed E-state index contributed by atoms with van der Waals surface area (Å²) in [4.78, 5) is 38.0. The molecule has 0 heterocycles. The van der Waals surface area contributed by atoms with Gasteiger partial charge in [-0.25, -0.2) is 0 Å². The van der Waals surface area contributed by atoms with Crippen LogP contribution in [0.2, 0.25) is 0 Å². The van der Waals surface area contributed by atoms with Gasteiger partial charge in [-0.15, -0.1) is 0 Å². The van der Waals surface area contributed by atoms with Gasteiger partial charge >= 0.3 is 17.9 Å². The van der Waals surface area contributed by atoms with E-state index < -0.39 is 6.10 Å². The Labute approximate surface area is 380 Å². The minimum absolute atomic E-state index is 0.0635. The zero-order valence-electron chi connectivity index (χ0n) is 41.8. The van der Waals surface area contributed by atoms with Crippen molar-refractivity contribution in [1.29, 1.82) is 0 Å². The SMILES string of the molecule is CCCCCCCCCCCCCCCC(=O)OC[C@@H](COC(=O)CCCCCCCCCCC(C)CC)OC(=O)CCCCCCCCCCCCCCCCC(C)CC. The lowest BCUT2D eigenvalue weighted by molar-refractivity contribution is -0.167. The van der Waals surface area contributed by atoms with E-state index >= 15 is 0 Å². The van der Waals surface area contributed by atoms with Crippen LogP contribution in [-0.4, -0.2) is 37.2 Å². The van der Waals surface area contributed by atoms with Gasteiger partial charge in [0, 0.05) is 19.3 Å². The molecule has 0 amide bonds. The summed E-state index contributed by atoms with van der Waals surface area (Å²) in [6, 6.07) is 0. The summed E-state index contributed by atoms with van der Waals surface area (Å²) in [6.45, 7) is 11.4. The molecular weight excluding hydrogens is 757 g/mol. The van der Waals surface area contributed by atoms with Crippen molar-refractivity contribution in [3.05, 3.63) is 0 Å². The molecule has 61 heavy (non-hydrogen) atoms. The molecule has 0 radical (unpaired) electrons. The van der Waals surface area contributed by atoms with Gasteiger partial charge in [0.1, 0.15) is 13.2 Å². The average molecular weight is 863 g/mol. The number of ether oxygens (including phenoxy) is 3. The van der Waals surface area contributed by atoms with Gasteiger partial charge in [0.2, 0.25) is 0 Å². The molecule has 0 rings (SSSR count). The number of unbranched alkanes of at least 4 members (excludes halogenated alkanes) is 32. The molecule has 0 aromatic heterocycles. The second-order valence-electron chi connectivity index (χ2n) is 19.4. The van der Waals surface area contributed by atoms with Crippen molar-refractivity contribution in [3.8, 4) is 0 Å². The largest absolute Gasteiger partial charge is 0.462 e. The zero-order chi connectivity index (χ0) is 44.7. The molecule has 0 bridgehead atoms. The molecule has 0 aliphatic rings. The first-order valence-corrected chi connectivity index (χ1v) is 27.3. The van der Waals surface area contributed by atoms with Crippen molar-refractivity contribution in [2.45, 2.75) is 310 Å². The molecule has 0 aromatic rings. The lowest BCUT2D eigenvalue weighted by Gasteiger charge is -2.18. The van der Waals surface area contributed by atoms with Gasteiger partial charge in [-0.3, -0.25) is 14.4 Å². The molecule has 0 saturated heterocycles. The molecule has 0 saturated carbocycles. The summed E-state index contributed by atoms with van der Waals surface area (Å²) >= 11 is 0. The Morgan fingerprint density at radius 2 is 0.574 bits per heavy atom. The summed E-state index contributed by atoms with van der Waals surface area (Å²) in [7, 11) is 0. The van der Waals surface area contributed by atoms with Crippen LogP contribution in [0.25, 0.3) is 0 Å². The third kappa shape index (κ3) is 46.2. The minimum Gasteiger partial charge on any atom is -0.462 e. The molecule has 0 aliphatic carbocycles. The lowest BCUT2D eigenvalue weighted by atomic mass is 9.99. The lowest BCUT2D eigenvalue weighted by Crippen LogP contribution is -2.30. The van der Waals surface area contributed by atoms with Crippen molar-refractivity contribution in [1.82, 2.24) is 0 Å². The zero-order valence-corrected chi connectivity index (χ0v) is 41.8. The maximum absolute atomic E-state index is 12.8. The topological polar surface area (TPSA) is 78.9 Å². The first-order chi connectivity index (χ1) is 29.8. The second-order valence-corrected chi connectivity index (χ2v) is 19.4. The van der Waals surface area contributed by atoms with E-state index in [1.165, 1.54) is 193 Å². The van der Waals surface area contributed by atoms with E-state index in [1.807, 2.05) is 0 Å². The molecule has 2 unspecified atom stereocenters. The van der Waals surface area contributed by atoms with Crippen LogP contribution in [0.4, 0.5) is 0 Å². The normalized spacial score (nSPS) is 12.9. The first-order valence-electron chi connectivity index (χ1n) is 27.3. The Bertz CT molecular complexity index is 935. The second kappa shape index (κ2) is 47.9. The monoisotopic (exact) mass is 863 g/mol. The molecule has 6 nitrogen and oxygen atoms in total. The van der Waals surface area contributed by atoms with E-state index in [-0.39, 0.29) is 31.1 Å². The van der Waals surface area contributed by atoms with Crippen molar-refractivity contribution in [2.24, 2.45) is 11.8 Å². The van der Waals surface area contributed by atoms with Crippen LogP contribution in [0.3, 0.4) is 0 Å². The summed E-state index contributed by atoms with van der Waals surface area (Å²) < 4.78 is 16.8. The highest BCUT2D eigenvalue weighted by atomic mass is 16.6. The van der Waals surface area contributed by atoms with Crippen LogP contribution in [0, 0.1) is 11.8 Å². The molecule has 0 N–H and O–H groups in total. The summed E-state index contributed by atoms with van der Waals surface area (Å²) in [5.41, 5.74) is 0. The highest BCUT2D eigenvalue weighted by Gasteiger charge is 2.19. The van der Waals surface area contributed by atoms with Crippen LogP contribution in [0.5, 0.6) is 0 Å². The number of carbonyl (C=O) groups is 3. The van der Waals surface area contributed by atoms with E-state index in [2.05, 4.69) is 34.6 Å². The van der Waals surface area contributed by atoms with Gasteiger partial charge in [-0.1, -0.05) is 266 Å². The van der Waals surface area contributed by atoms with Gasteiger partial charge < -0.3 is 14.2 Å². The van der Waals surface area contributed by atoms with Gasteiger partial charge in [0.25, 0.3) is 0 Å². The standard InChI is InChI=1S/C55H106O6/c1-6-9-10-11-12-13-14-17-21-24-30-35-40-45-53(56)59-48-52(49-60-54(57)46-41-36-31-27-26-29-34-39-44-51(5)8-3)61-55(58)47-42-37-32-25-22-19-16-15-18-20-23-28-33-38-43-50(4)7-2/h50-52H,6-49H2,1-5H3/t50?,51?,52-/m0/s1. The van der Waals surface area contributed by atoms with Crippen molar-refractivity contribution in [3.63, 3.8) is 0 Å². The van der Waals surface area contributed by atoms with Crippen LogP contribution in [0.1, 0.15) is 304 Å². The van der Waals surface area contributed by atoms with Crippen LogP contribution in [-0.2, 0) is 28.6 Å². The molecule has 362 valence electrons. The van der Waals surface area contributed by atoms with Crippen LogP contribution in [0.15, 0.2) is 0 Å². The highest BCUT2D eigenvalue weighted by Crippen LogP contribution is 2.18. The fraction of sp³-hybridized carbons (Fsp3) is 0.945. The Balaban J connectivity index is 4.30.